The molecule has 2 aromatic carbocycles. The van der Waals surface area contributed by atoms with Gasteiger partial charge in [-0.1, -0.05) is 42.5 Å². The minimum absolute atomic E-state index is 0.00374. The first kappa shape index (κ1) is 23.9. The lowest BCUT2D eigenvalue weighted by Crippen LogP contribution is -2.35. The molecule has 0 aliphatic carbocycles. The number of halogens is 1. The van der Waals surface area contributed by atoms with Gasteiger partial charge in [0, 0.05) is 63.1 Å². The van der Waals surface area contributed by atoms with Gasteiger partial charge in [0.1, 0.15) is 0 Å². The van der Waals surface area contributed by atoms with E-state index >= 15 is 0 Å². The van der Waals surface area contributed by atoms with Gasteiger partial charge in [-0.15, -0.1) is 0 Å². The Morgan fingerprint density at radius 2 is 1.76 bits per heavy atom. The highest BCUT2D eigenvalue weighted by Gasteiger charge is 2.25. The number of hydrogen-bond acceptors (Lipinski definition) is 5. The molecule has 1 saturated heterocycles. The second-order valence-electron chi connectivity index (χ2n) is 8.68. The van der Waals surface area contributed by atoms with Gasteiger partial charge in [-0.3, -0.25) is 19.6 Å². The first-order valence-electron chi connectivity index (χ1n) is 11.7. The molecule has 0 saturated carbocycles. The number of phenols is 1. The van der Waals surface area contributed by atoms with Gasteiger partial charge in [0.25, 0.3) is 0 Å². The topological polar surface area (TPSA) is 68.7 Å². The van der Waals surface area contributed by atoms with E-state index in [2.05, 4.69) is 32.2 Å². The van der Waals surface area contributed by atoms with Crippen LogP contribution in [0.25, 0.3) is 0 Å². The van der Waals surface area contributed by atoms with Gasteiger partial charge in [-0.05, 0) is 42.3 Å². The molecule has 1 fully saturated rings. The molecule has 6 nitrogen and oxygen atoms in total. The Hall–Kier alpha value is -3.29. The molecule has 1 aromatic heterocycles. The lowest BCUT2D eigenvalue weighted by atomic mass is 10.00. The van der Waals surface area contributed by atoms with E-state index in [4.69, 9.17) is 0 Å². The number of aromatic nitrogens is 1. The highest BCUT2D eigenvalue weighted by molar-refractivity contribution is 5.76. The normalized spacial score (nSPS) is 18.7. The van der Waals surface area contributed by atoms with E-state index in [1.54, 1.807) is 24.5 Å². The van der Waals surface area contributed by atoms with Crippen LogP contribution >= 0.6 is 0 Å². The molecule has 34 heavy (non-hydrogen) atoms. The Bertz CT molecular complexity index is 1060. The quantitative estimate of drug-likeness (QED) is 0.602. The van der Waals surface area contributed by atoms with Crippen molar-refractivity contribution in [3.05, 3.63) is 95.6 Å². The second-order valence-corrected chi connectivity index (χ2v) is 8.68. The van der Waals surface area contributed by atoms with E-state index in [0.29, 0.717) is 38.2 Å². The zero-order valence-corrected chi connectivity index (χ0v) is 19.2. The maximum atomic E-state index is 13.8. The summed E-state index contributed by atoms with van der Waals surface area (Å²) >= 11 is 0. The maximum absolute atomic E-state index is 13.8. The van der Waals surface area contributed by atoms with Crippen molar-refractivity contribution >= 4 is 5.91 Å². The van der Waals surface area contributed by atoms with Gasteiger partial charge >= 0.3 is 0 Å². The molecule has 1 unspecified atom stereocenters. The molecule has 1 amide bonds. The lowest BCUT2D eigenvalue weighted by Gasteiger charge is -2.32. The van der Waals surface area contributed by atoms with E-state index in [0.717, 1.165) is 30.6 Å². The number of phenolic OH excluding ortho intramolecular Hbond substituents is 1. The van der Waals surface area contributed by atoms with E-state index in [1.807, 2.05) is 30.3 Å². The summed E-state index contributed by atoms with van der Waals surface area (Å²) in [7, 11) is 0. The highest BCUT2D eigenvalue weighted by Crippen LogP contribution is 2.27. The van der Waals surface area contributed by atoms with Crippen LogP contribution in [0.2, 0.25) is 0 Å². The zero-order chi connectivity index (χ0) is 23.8. The number of carbonyl (C=O) groups is 1. The average molecular weight is 463 g/mol. The van der Waals surface area contributed by atoms with Gasteiger partial charge in [-0.25, -0.2) is 4.39 Å². The van der Waals surface area contributed by atoms with Crippen molar-refractivity contribution < 1.29 is 14.3 Å². The third kappa shape index (κ3) is 6.40. The number of benzene rings is 2. The summed E-state index contributed by atoms with van der Waals surface area (Å²) in [5, 5.41) is 13.2. The van der Waals surface area contributed by atoms with Crippen LogP contribution in [0.3, 0.4) is 0 Å². The van der Waals surface area contributed by atoms with Crippen LogP contribution in [0.1, 0.15) is 35.6 Å². The second kappa shape index (κ2) is 11.7. The Morgan fingerprint density at radius 1 is 0.971 bits per heavy atom. The minimum Gasteiger partial charge on any atom is -0.505 e. The molecule has 2 heterocycles. The molecule has 1 aliphatic heterocycles. The van der Waals surface area contributed by atoms with Gasteiger partial charge < -0.3 is 10.4 Å². The molecule has 0 bridgehead atoms. The average Bonchev–Trinajstić information content (AvgIpc) is 2.88. The summed E-state index contributed by atoms with van der Waals surface area (Å²) in [5.74, 6) is -0.911. The Labute approximate surface area is 200 Å². The van der Waals surface area contributed by atoms with Crippen molar-refractivity contribution in [1.82, 2.24) is 20.1 Å². The third-order valence-electron chi connectivity index (χ3n) is 6.27. The Balaban J connectivity index is 1.55. The number of nitrogens with one attached hydrogen (secondary N) is 1. The summed E-state index contributed by atoms with van der Waals surface area (Å²) in [5.41, 5.74) is 2.82. The van der Waals surface area contributed by atoms with Crippen LogP contribution in [-0.4, -0.2) is 52.0 Å². The number of carbonyl (C=O) groups excluding carboxylic acids is 1. The summed E-state index contributed by atoms with van der Waals surface area (Å²) in [6.45, 7) is 3.82. The number of pyridine rings is 1. The minimum atomic E-state index is -0.613. The van der Waals surface area contributed by atoms with E-state index in [1.165, 1.54) is 6.07 Å². The highest BCUT2D eigenvalue weighted by atomic mass is 19.1. The van der Waals surface area contributed by atoms with Crippen LogP contribution < -0.4 is 5.32 Å². The lowest BCUT2D eigenvalue weighted by molar-refractivity contribution is -0.122. The molecule has 4 rings (SSSR count). The van der Waals surface area contributed by atoms with Crippen molar-refractivity contribution in [2.75, 3.05) is 26.2 Å². The van der Waals surface area contributed by atoms with Crippen LogP contribution in [0.4, 0.5) is 4.39 Å². The van der Waals surface area contributed by atoms with Crippen molar-refractivity contribution in [3.63, 3.8) is 0 Å². The number of hydrogen-bond donors (Lipinski definition) is 2. The number of rotatable bonds is 5. The van der Waals surface area contributed by atoms with Gasteiger partial charge in [0.05, 0.1) is 0 Å². The van der Waals surface area contributed by atoms with Crippen molar-refractivity contribution in [2.45, 2.75) is 32.0 Å². The number of amides is 1. The molecule has 2 N–H and O–H groups in total. The molecule has 178 valence electrons. The fourth-order valence-electron chi connectivity index (χ4n) is 4.50. The van der Waals surface area contributed by atoms with Crippen molar-refractivity contribution in [2.24, 2.45) is 0 Å². The molecular formula is C27H31FN4O2. The van der Waals surface area contributed by atoms with Crippen LogP contribution in [0, 0.1) is 5.82 Å². The Morgan fingerprint density at radius 3 is 2.56 bits per heavy atom. The van der Waals surface area contributed by atoms with Crippen molar-refractivity contribution in [1.29, 1.82) is 0 Å². The van der Waals surface area contributed by atoms with Crippen LogP contribution in [0.15, 0.2) is 73.1 Å². The number of nitrogens with zero attached hydrogens (tertiary/aromatic N) is 3. The monoisotopic (exact) mass is 462 g/mol. The molecular weight excluding hydrogens is 431 g/mol. The molecule has 0 spiro atoms. The maximum Gasteiger partial charge on any atom is 0.221 e. The summed E-state index contributed by atoms with van der Waals surface area (Å²) in [4.78, 5) is 21.5. The predicted molar refractivity (Wildman–Crippen MR) is 129 cm³/mol. The molecule has 1 aliphatic rings. The first-order valence-corrected chi connectivity index (χ1v) is 11.7. The SMILES string of the molecule is O=C1CC(c2ccccc2)N(Cc2ccncc2)CCCN(Cc2cccc(F)c2O)CCN1. The standard InChI is InChI=1S/C27H31FN4O2/c28-24-9-4-8-23(27(24)34)20-31-15-5-16-32(19-21-10-12-29-13-11-21)25(18-26(33)30-14-17-31)22-6-2-1-3-7-22/h1-4,6-13,25,34H,5,14-20H2,(H,30,33). The van der Waals surface area contributed by atoms with E-state index in [-0.39, 0.29) is 17.7 Å². The van der Waals surface area contributed by atoms with Gasteiger partial charge in [-0.2, -0.15) is 0 Å². The number of para-hydroxylation sites is 1. The summed E-state index contributed by atoms with van der Waals surface area (Å²) in [6.07, 6.45) is 4.83. The third-order valence-corrected chi connectivity index (χ3v) is 6.27. The van der Waals surface area contributed by atoms with E-state index in [9.17, 15) is 14.3 Å². The molecule has 0 radical (unpaired) electrons. The number of aromatic hydroxyl groups is 1. The first-order chi connectivity index (χ1) is 16.6. The Kier molecular flexibility index (Phi) is 8.22. The fourth-order valence-corrected chi connectivity index (χ4v) is 4.50. The molecule has 3 aromatic rings. The van der Waals surface area contributed by atoms with Gasteiger partial charge in [0.15, 0.2) is 11.6 Å². The van der Waals surface area contributed by atoms with E-state index < -0.39 is 5.82 Å². The van der Waals surface area contributed by atoms with Crippen LogP contribution in [-0.2, 0) is 17.9 Å². The molecule has 7 heteroatoms. The fraction of sp³-hybridized carbons (Fsp3) is 0.333. The van der Waals surface area contributed by atoms with Crippen LogP contribution in [0.5, 0.6) is 5.75 Å². The predicted octanol–water partition coefficient (Wildman–Crippen LogP) is 3.88. The van der Waals surface area contributed by atoms with Gasteiger partial charge in [0.2, 0.25) is 5.91 Å². The molecule has 1 atom stereocenters. The van der Waals surface area contributed by atoms with Crippen molar-refractivity contribution in [3.8, 4) is 5.75 Å². The summed E-state index contributed by atoms with van der Waals surface area (Å²) in [6, 6.07) is 18.7. The smallest absolute Gasteiger partial charge is 0.221 e. The summed E-state index contributed by atoms with van der Waals surface area (Å²) < 4.78 is 13.8. The largest absolute Gasteiger partial charge is 0.505 e. The zero-order valence-electron chi connectivity index (χ0n) is 19.2.